The molecular formula is C25H31N3O. The Balaban J connectivity index is 1.56. The van der Waals surface area contributed by atoms with Gasteiger partial charge in [0.05, 0.1) is 0 Å². The molecule has 0 amide bonds. The first kappa shape index (κ1) is 19.7. The largest absolute Gasteiger partial charge is 0.493 e. The second-order valence-electron chi connectivity index (χ2n) is 8.92. The van der Waals surface area contributed by atoms with E-state index >= 15 is 0 Å². The van der Waals surface area contributed by atoms with Crippen LogP contribution in [-0.2, 0) is 6.42 Å². The van der Waals surface area contributed by atoms with Crippen molar-refractivity contribution in [2.45, 2.75) is 52.5 Å². The normalized spacial score (nSPS) is 22.1. The lowest BCUT2D eigenvalue weighted by Gasteiger charge is -2.37. The Morgan fingerprint density at radius 1 is 1.03 bits per heavy atom. The summed E-state index contributed by atoms with van der Waals surface area (Å²) in [7, 11) is 0. The molecule has 1 fully saturated rings. The number of rotatable bonds is 5. The van der Waals surface area contributed by atoms with Gasteiger partial charge in [0, 0.05) is 36.3 Å². The highest BCUT2D eigenvalue weighted by Crippen LogP contribution is 2.36. The Hall–Kier alpha value is -2.62. The van der Waals surface area contributed by atoms with Gasteiger partial charge in [-0.2, -0.15) is 0 Å². The van der Waals surface area contributed by atoms with Crippen LogP contribution >= 0.6 is 0 Å². The van der Waals surface area contributed by atoms with Gasteiger partial charge in [-0.3, -0.25) is 0 Å². The molecular weight excluding hydrogens is 358 g/mol. The number of hydrogen-bond donors (Lipinski definition) is 2. The molecule has 29 heavy (non-hydrogen) atoms. The van der Waals surface area contributed by atoms with E-state index in [9.17, 15) is 5.11 Å². The van der Waals surface area contributed by atoms with Crippen molar-refractivity contribution in [2.75, 3.05) is 5.32 Å². The summed E-state index contributed by atoms with van der Waals surface area (Å²) in [5.41, 5.74) is 2.24. The molecule has 3 aromatic rings. The molecule has 2 heterocycles. The van der Waals surface area contributed by atoms with Crippen LogP contribution in [0.2, 0.25) is 0 Å². The molecule has 2 aromatic heterocycles. The maximum atomic E-state index is 9.42. The molecule has 0 spiro atoms. The molecule has 1 aliphatic rings. The number of pyridine rings is 2. The lowest BCUT2D eigenvalue weighted by molar-refractivity contribution is 0.186. The van der Waals surface area contributed by atoms with Gasteiger partial charge < -0.3 is 10.4 Å². The number of aromatic hydroxyl groups is 1. The van der Waals surface area contributed by atoms with Crippen molar-refractivity contribution in [1.29, 1.82) is 0 Å². The van der Waals surface area contributed by atoms with Gasteiger partial charge in [-0.25, -0.2) is 9.97 Å². The Morgan fingerprint density at radius 2 is 1.83 bits per heavy atom. The second-order valence-corrected chi connectivity index (χ2v) is 8.92. The highest BCUT2D eigenvalue weighted by molar-refractivity contribution is 5.94. The molecule has 4 rings (SSSR count). The minimum atomic E-state index is 0.0534. The Bertz CT molecular complexity index is 967. The molecule has 1 aliphatic carbocycles. The number of fused-ring (bicyclic) bond motifs is 1. The zero-order valence-electron chi connectivity index (χ0n) is 17.6. The molecule has 0 bridgehead atoms. The lowest BCUT2D eigenvalue weighted by atomic mass is 9.73. The average molecular weight is 390 g/mol. The monoisotopic (exact) mass is 389 g/mol. The van der Waals surface area contributed by atoms with Crippen LogP contribution in [0, 0.1) is 17.8 Å². The van der Waals surface area contributed by atoms with E-state index in [4.69, 9.17) is 4.98 Å². The number of benzene rings is 1. The van der Waals surface area contributed by atoms with E-state index in [0.29, 0.717) is 6.04 Å². The number of nitrogens with one attached hydrogen (secondary N) is 1. The van der Waals surface area contributed by atoms with Gasteiger partial charge in [-0.1, -0.05) is 51.1 Å². The summed E-state index contributed by atoms with van der Waals surface area (Å²) in [6.45, 7) is 7.11. The van der Waals surface area contributed by atoms with Crippen LogP contribution in [0.25, 0.3) is 10.8 Å². The second kappa shape index (κ2) is 8.40. The number of hydrogen-bond acceptors (Lipinski definition) is 4. The number of nitrogens with zero attached hydrogens (tertiary/aromatic N) is 2. The Kier molecular flexibility index (Phi) is 5.70. The van der Waals surface area contributed by atoms with Crippen LogP contribution in [0.4, 0.5) is 5.82 Å². The van der Waals surface area contributed by atoms with Crippen molar-refractivity contribution in [1.82, 2.24) is 9.97 Å². The standard InChI is InChI=1S/C25H31N3O/c1-16(2)21-10-9-20(12-17(21)3)28-25-23-7-5-4-6-22(23)19(15-27-25)13-18-8-11-24(29)26-14-18/h4-8,11,14-17,20-21H,9-10,12-13H2,1-3H3,(H,26,29)(H,27,28). The van der Waals surface area contributed by atoms with Crippen molar-refractivity contribution in [3.63, 3.8) is 0 Å². The van der Waals surface area contributed by atoms with Crippen molar-refractivity contribution < 1.29 is 5.11 Å². The van der Waals surface area contributed by atoms with Crippen LogP contribution in [0.5, 0.6) is 5.88 Å². The fourth-order valence-corrected chi connectivity index (χ4v) is 4.98. The highest BCUT2D eigenvalue weighted by atomic mass is 16.3. The third kappa shape index (κ3) is 4.36. The molecule has 152 valence electrons. The first-order chi connectivity index (χ1) is 14.0. The van der Waals surface area contributed by atoms with E-state index in [0.717, 1.165) is 35.6 Å². The molecule has 1 aromatic carbocycles. The van der Waals surface area contributed by atoms with Crippen molar-refractivity contribution >= 4 is 16.6 Å². The van der Waals surface area contributed by atoms with Crippen LogP contribution in [0.1, 0.15) is 51.2 Å². The van der Waals surface area contributed by atoms with Crippen molar-refractivity contribution in [2.24, 2.45) is 17.8 Å². The van der Waals surface area contributed by atoms with Crippen molar-refractivity contribution in [3.05, 3.63) is 59.9 Å². The topological polar surface area (TPSA) is 58.0 Å². The molecule has 3 unspecified atom stereocenters. The molecule has 3 atom stereocenters. The van der Waals surface area contributed by atoms with E-state index in [2.05, 4.69) is 55.3 Å². The molecule has 0 aliphatic heterocycles. The third-order valence-corrected chi connectivity index (χ3v) is 6.51. The summed E-state index contributed by atoms with van der Waals surface area (Å²) < 4.78 is 0. The molecule has 4 nitrogen and oxygen atoms in total. The third-order valence-electron chi connectivity index (χ3n) is 6.51. The van der Waals surface area contributed by atoms with Crippen molar-refractivity contribution in [3.8, 4) is 5.88 Å². The fourth-order valence-electron chi connectivity index (χ4n) is 4.98. The van der Waals surface area contributed by atoms with Crippen LogP contribution in [-0.4, -0.2) is 21.1 Å². The number of anilines is 1. The fraction of sp³-hybridized carbons (Fsp3) is 0.440. The van der Waals surface area contributed by atoms with E-state index in [1.54, 1.807) is 12.3 Å². The maximum absolute atomic E-state index is 9.42. The van der Waals surface area contributed by atoms with Gasteiger partial charge in [0.15, 0.2) is 0 Å². The zero-order chi connectivity index (χ0) is 20.4. The predicted molar refractivity (Wildman–Crippen MR) is 119 cm³/mol. The smallest absolute Gasteiger partial charge is 0.210 e. The van der Waals surface area contributed by atoms with E-state index in [-0.39, 0.29) is 5.88 Å². The number of aromatic nitrogens is 2. The first-order valence-corrected chi connectivity index (χ1v) is 10.8. The van der Waals surface area contributed by atoms with Gasteiger partial charge in [0.25, 0.3) is 0 Å². The minimum Gasteiger partial charge on any atom is -0.493 e. The summed E-state index contributed by atoms with van der Waals surface area (Å²) >= 11 is 0. The van der Waals surface area contributed by atoms with Crippen LogP contribution in [0.15, 0.2) is 48.8 Å². The minimum absolute atomic E-state index is 0.0534. The van der Waals surface area contributed by atoms with Gasteiger partial charge in [0.2, 0.25) is 5.88 Å². The predicted octanol–water partition coefficient (Wildman–Crippen LogP) is 5.80. The van der Waals surface area contributed by atoms with Crippen LogP contribution < -0.4 is 5.32 Å². The molecule has 2 N–H and O–H groups in total. The van der Waals surface area contributed by atoms with Gasteiger partial charge in [-0.05, 0) is 53.5 Å². The average Bonchev–Trinajstić information content (AvgIpc) is 2.71. The molecule has 0 saturated heterocycles. The summed E-state index contributed by atoms with van der Waals surface area (Å²) in [6.07, 6.45) is 8.17. The SMILES string of the molecule is CC(C)C1CCC(Nc2ncc(Cc3ccc(O)nc3)c3ccccc23)CC1C. The zero-order valence-corrected chi connectivity index (χ0v) is 17.6. The summed E-state index contributed by atoms with van der Waals surface area (Å²) in [6, 6.07) is 12.5. The summed E-state index contributed by atoms with van der Waals surface area (Å²) in [4.78, 5) is 8.81. The Labute approximate surface area is 173 Å². The van der Waals surface area contributed by atoms with E-state index in [1.807, 2.05) is 12.3 Å². The molecule has 1 saturated carbocycles. The lowest BCUT2D eigenvalue weighted by Crippen LogP contribution is -2.33. The van der Waals surface area contributed by atoms with Gasteiger partial charge in [-0.15, -0.1) is 0 Å². The summed E-state index contributed by atoms with van der Waals surface area (Å²) in [5, 5.41) is 15.6. The quantitative estimate of drug-likeness (QED) is 0.579. The molecule has 0 radical (unpaired) electrons. The summed E-state index contributed by atoms with van der Waals surface area (Å²) in [5.74, 6) is 3.39. The van der Waals surface area contributed by atoms with Gasteiger partial charge in [0.1, 0.15) is 5.82 Å². The van der Waals surface area contributed by atoms with E-state index in [1.165, 1.54) is 35.6 Å². The molecule has 4 heteroatoms. The van der Waals surface area contributed by atoms with Gasteiger partial charge >= 0.3 is 0 Å². The van der Waals surface area contributed by atoms with Crippen LogP contribution in [0.3, 0.4) is 0 Å². The Morgan fingerprint density at radius 3 is 2.52 bits per heavy atom. The maximum Gasteiger partial charge on any atom is 0.210 e. The first-order valence-electron chi connectivity index (χ1n) is 10.8. The highest BCUT2D eigenvalue weighted by Gasteiger charge is 2.29. The van der Waals surface area contributed by atoms with E-state index < -0.39 is 0 Å².